The molecule has 2 heterocycles. The van der Waals surface area contributed by atoms with Crippen molar-refractivity contribution in [1.29, 1.82) is 0 Å². The van der Waals surface area contributed by atoms with Gasteiger partial charge in [0.1, 0.15) is 15.7 Å². The summed E-state index contributed by atoms with van der Waals surface area (Å²) in [6, 6.07) is 26.2. The Hall–Kier alpha value is -4.09. The number of aromatic nitrogens is 2. The average Bonchev–Trinajstić information content (AvgIpc) is 3.55. The molecule has 0 spiro atoms. The molecule has 190 valence electrons. The molecule has 0 saturated heterocycles. The third-order valence-corrected chi connectivity index (χ3v) is 8.48. The molecule has 0 fully saturated rings. The summed E-state index contributed by atoms with van der Waals surface area (Å²) in [5.74, 6) is 0.372. The summed E-state index contributed by atoms with van der Waals surface area (Å²) in [5.41, 5.74) is 9.99. The van der Waals surface area contributed by atoms with E-state index in [1.54, 1.807) is 12.1 Å². The number of nitrogens with zero attached hydrogens (tertiary/aromatic N) is 3. The second-order valence-electron chi connectivity index (χ2n) is 8.17. The molecule has 0 saturated carbocycles. The number of hydrogen-bond acceptors (Lipinski definition) is 8. The first-order valence-electron chi connectivity index (χ1n) is 11.5. The molecule has 7 nitrogen and oxygen atoms in total. The quantitative estimate of drug-likeness (QED) is 0.226. The third kappa shape index (κ3) is 6.06. The standard InChI is InChI=1S/C28H23N5O2S3/c29-26-25(27-31-22(19-36-27)12-11-20-7-3-1-4-8-20)37-28(32-26)33(18-17-21-9-5-2-6-10-21)23-13-15-24(16-14-23)38(30,34)35/h1-19H,29H2,(H2,30,34,35). The van der Waals surface area contributed by atoms with Gasteiger partial charge in [-0.2, -0.15) is 0 Å². The molecule has 0 aliphatic carbocycles. The largest absolute Gasteiger partial charge is 0.382 e. The molecule has 5 rings (SSSR count). The lowest BCUT2D eigenvalue weighted by Gasteiger charge is -2.17. The first kappa shape index (κ1) is 25.6. The van der Waals surface area contributed by atoms with E-state index in [0.29, 0.717) is 16.6 Å². The Morgan fingerprint density at radius 1 is 0.789 bits per heavy atom. The Kier molecular flexibility index (Phi) is 7.47. The number of primary sulfonamides is 1. The van der Waals surface area contributed by atoms with Gasteiger partial charge in [0.25, 0.3) is 0 Å². The van der Waals surface area contributed by atoms with E-state index in [4.69, 9.17) is 15.9 Å². The smallest absolute Gasteiger partial charge is 0.238 e. The van der Waals surface area contributed by atoms with Crippen LogP contribution in [0.15, 0.2) is 101 Å². The maximum atomic E-state index is 11.7. The van der Waals surface area contributed by atoms with Crippen molar-refractivity contribution in [2.24, 2.45) is 5.14 Å². The normalized spacial score (nSPS) is 11.9. The van der Waals surface area contributed by atoms with Crippen molar-refractivity contribution in [2.45, 2.75) is 4.90 Å². The summed E-state index contributed by atoms with van der Waals surface area (Å²) < 4.78 is 23.5. The Morgan fingerprint density at radius 3 is 2.05 bits per heavy atom. The van der Waals surface area contributed by atoms with Crippen molar-refractivity contribution in [1.82, 2.24) is 9.97 Å². The highest BCUT2D eigenvalue weighted by Gasteiger charge is 2.19. The van der Waals surface area contributed by atoms with Crippen LogP contribution in [0, 0.1) is 0 Å². The number of nitrogens with two attached hydrogens (primary N) is 2. The summed E-state index contributed by atoms with van der Waals surface area (Å²) in [7, 11) is -3.81. The SMILES string of the molecule is Nc1nc(N(C=Cc2ccccc2)c2ccc(S(N)(=O)=O)cc2)sc1-c1nc(C=Cc2ccccc2)cs1. The zero-order valence-corrected chi connectivity index (χ0v) is 22.5. The minimum absolute atomic E-state index is 0.0338. The van der Waals surface area contributed by atoms with Gasteiger partial charge < -0.3 is 5.73 Å². The Labute approximate surface area is 229 Å². The van der Waals surface area contributed by atoms with E-state index in [2.05, 4.69) is 4.98 Å². The lowest BCUT2D eigenvalue weighted by Crippen LogP contribution is -2.13. The number of anilines is 3. The molecule has 0 amide bonds. The third-order valence-electron chi connectivity index (χ3n) is 5.47. The molecule has 4 N–H and O–H groups in total. The minimum atomic E-state index is -3.81. The van der Waals surface area contributed by atoms with Gasteiger partial charge in [0, 0.05) is 17.3 Å². The second-order valence-corrected chi connectivity index (χ2v) is 11.6. The molecular formula is C28H23N5O2S3. The van der Waals surface area contributed by atoms with Crippen LogP contribution < -0.4 is 15.8 Å². The molecule has 3 aromatic carbocycles. The van der Waals surface area contributed by atoms with E-state index in [1.165, 1.54) is 34.8 Å². The van der Waals surface area contributed by atoms with Gasteiger partial charge in [0.2, 0.25) is 10.0 Å². The lowest BCUT2D eigenvalue weighted by molar-refractivity contribution is 0.598. The first-order valence-corrected chi connectivity index (χ1v) is 14.7. The van der Waals surface area contributed by atoms with Gasteiger partial charge in [-0.15, -0.1) is 11.3 Å². The van der Waals surface area contributed by atoms with E-state index >= 15 is 0 Å². The van der Waals surface area contributed by atoms with Gasteiger partial charge >= 0.3 is 0 Å². The zero-order chi connectivity index (χ0) is 26.5. The lowest BCUT2D eigenvalue weighted by atomic mass is 10.2. The topological polar surface area (TPSA) is 115 Å². The van der Waals surface area contributed by atoms with Gasteiger partial charge in [0.05, 0.1) is 10.6 Å². The molecule has 2 aromatic heterocycles. The van der Waals surface area contributed by atoms with Crippen LogP contribution in [0.5, 0.6) is 0 Å². The molecule has 0 aliphatic rings. The molecule has 0 unspecified atom stereocenters. The predicted molar refractivity (Wildman–Crippen MR) is 158 cm³/mol. The Balaban J connectivity index is 1.47. The van der Waals surface area contributed by atoms with Gasteiger partial charge in [-0.05, 0) is 47.5 Å². The van der Waals surface area contributed by atoms with Crippen LogP contribution in [0.25, 0.3) is 28.1 Å². The van der Waals surface area contributed by atoms with Crippen molar-refractivity contribution in [3.63, 3.8) is 0 Å². The van der Waals surface area contributed by atoms with E-state index in [9.17, 15) is 8.42 Å². The Bertz CT molecular complexity index is 1690. The van der Waals surface area contributed by atoms with Crippen LogP contribution in [-0.4, -0.2) is 18.4 Å². The summed E-state index contributed by atoms with van der Waals surface area (Å²) in [6.07, 6.45) is 7.80. The van der Waals surface area contributed by atoms with Gasteiger partial charge in [-0.25, -0.2) is 23.5 Å². The van der Waals surface area contributed by atoms with Crippen molar-refractivity contribution in [2.75, 3.05) is 10.6 Å². The van der Waals surface area contributed by atoms with E-state index in [0.717, 1.165) is 26.7 Å². The molecule has 0 atom stereocenters. The highest BCUT2D eigenvalue weighted by Crippen LogP contribution is 2.41. The van der Waals surface area contributed by atoms with E-state index in [-0.39, 0.29) is 4.90 Å². The van der Waals surface area contributed by atoms with Crippen molar-refractivity contribution in [3.8, 4) is 9.88 Å². The van der Waals surface area contributed by atoms with Gasteiger partial charge in [-0.3, -0.25) is 4.90 Å². The monoisotopic (exact) mass is 557 g/mol. The van der Waals surface area contributed by atoms with Gasteiger partial charge in [0.15, 0.2) is 5.13 Å². The number of sulfonamides is 1. The molecule has 0 radical (unpaired) electrons. The molecule has 5 aromatic rings. The minimum Gasteiger partial charge on any atom is -0.382 e. The van der Waals surface area contributed by atoms with Crippen molar-refractivity contribution in [3.05, 3.63) is 113 Å². The number of thiazole rings is 2. The van der Waals surface area contributed by atoms with Crippen molar-refractivity contribution >= 4 is 67.6 Å². The summed E-state index contributed by atoms with van der Waals surface area (Å²) >= 11 is 2.91. The number of hydrogen-bond donors (Lipinski definition) is 2. The van der Waals surface area contributed by atoms with Crippen LogP contribution in [0.2, 0.25) is 0 Å². The summed E-state index contributed by atoms with van der Waals surface area (Å²) in [6.45, 7) is 0. The fourth-order valence-electron chi connectivity index (χ4n) is 3.57. The summed E-state index contributed by atoms with van der Waals surface area (Å²) in [4.78, 5) is 12.0. The van der Waals surface area contributed by atoms with Crippen LogP contribution in [0.3, 0.4) is 0 Å². The van der Waals surface area contributed by atoms with Crippen LogP contribution in [0.4, 0.5) is 16.6 Å². The molecule has 0 aliphatic heterocycles. The maximum Gasteiger partial charge on any atom is 0.238 e. The highest BCUT2D eigenvalue weighted by molar-refractivity contribution is 7.89. The highest BCUT2D eigenvalue weighted by atomic mass is 32.2. The fourth-order valence-corrected chi connectivity index (χ4v) is 5.96. The van der Waals surface area contributed by atoms with E-state index in [1.807, 2.05) is 95.4 Å². The first-order chi connectivity index (χ1) is 18.4. The van der Waals surface area contributed by atoms with Gasteiger partial charge in [-0.1, -0.05) is 78.1 Å². The average molecular weight is 558 g/mol. The van der Waals surface area contributed by atoms with Crippen molar-refractivity contribution < 1.29 is 8.42 Å². The second kappa shape index (κ2) is 11.1. The number of benzene rings is 3. The molecule has 10 heteroatoms. The number of nitrogen functional groups attached to an aromatic ring is 1. The van der Waals surface area contributed by atoms with Crippen LogP contribution in [-0.2, 0) is 10.0 Å². The maximum absolute atomic E-state index is 11.7. The zero-order valence-electron chi connectivity index (χ0n) is 20.0. The van der Waals surface area contributed by atoms with E-state index < -0.39 is 10.0 Å². The molecule has 0 bridgehead atoms. The van der Waals surface area contributed by atoms with Crippen LogP contribution in [0.1, 0.15) is 16.8 Å². The predicted octanol–water partition coefficient (Wildman–Crippen LogP) is 6.48. The number of rotatable bonds is 8. The van der Waals surface area contributed by atoms with Crippen LogP contribution >= 0.6 is 22.7 Å². The molecular weight excluding hydrogens is 535 g/mol. The summed E-state index contributed by atoms with van der Waals surface area (Å²) in [5, 5.41) is 8.65. The Morgan fingerprint density at radius 2 is 1.42 bits per heavy atom. The fraction of sp³-hybridized carbons (Fsp3) is 0. The molecule has 38 heavy (non-hydrogen) atoms.